The molecular formula is C29H34N4O. The Morgan fingerprint density at radius 1 is 0.971 bits per heavy atom. The minimum Gasteiger partial charge on any atom is -0.330 e. The number of para-hydroxylation sites is 2. The van der Waals surface area contributed by atoms with Crippen molar-refractivity contribution >= 4 is 16.9 Å². The second kappa shape index (κ2) is 10.7. The van der Waals surface area contributed by atoms with Crippen LogP contribution in [0.1, 0.15) is 53.6 Å². The molecule has 5 nitrogen and oxygen atoms in total. The standard InChI is InChI=1S/C29H34N4O/c1-21(2)27(32(19-11-18-30)29(34)24-15-8-7-12-22(24)3)28-31-25-16-9-10-17-26(25)33(28)20-23-13-5-4-6-14-23/h4-10,12-17,21,27H,11,18-20,30H2,1-3H3/t27-/m1/s1. The Hall–Kier alpha value is -3.44. The molecule has 0 fully saturated rings. The Kier molecular flexibility index (Phi) is 7.43. The minimum atomic E-state index is -0.185. The Labute approximate surface area is 202 Å². The normalized spacial score (nSPS) is 12.3. The van der Waals surface area contributed by atoms with E-state index < -0.39 is 0 Å². The minimum absolute atomic E-state index is 0.0311. The molecule has 2 N–H and O–H groups in total. The summed E-state index contributed by atoms with van der Waals surface area (Å²) in [4.78, 5) is 21.0. The number of aromatic nitrogens is 2. The van der Waals surface area contributed by atoms with Gasteiger partial charge >= 0.3 is 0 Å². The van der Waals surface area contributed by atoms with E-state index in [2.05, 4.69) is 48.7 Å². The average molecular weight is 455 g/mol. The van der Waals surface area contributed by atoms with Crippen molar-refractivity contribution in [2.24, 2.45) is 11.7 Å². The van der Waals surface area contributed by atoms with E-state index in [1.807, 2.05) is 60.4 Å². The van der Waals surface area contributed by atoms with Gasteiger partial charge in [0.1, 0.15) is 5.82 Å². The average Bonchev–Trinajstić information content (AvgIpc) is 3.19. The van der Waals surface area contributed by atoms with Gasteiger partial charge in [-0.25, -0.2) is 4.98 Å². The van der Waals surface area contributed by atoms with Gasteiger partial charge in [0.05, 0.1) is 17.1 Å². The van der Waals surface area contributed by atoms with Crippen LogP contribution in [0, 0.1) is 12.8 Å². The molecule has 0 aliphatic rings. The molecule has 4 aromatic rings. The number of carbonyl (C=O) groups is 1. The molecule has 176 valence electrons. The number of carbonyl (C=O) groups excluding carboxylic acids is 1. The van der Waals surface area contributed by atoms with Crippen LogP contribution in [0.5, 0.6) is 0 Å². The van der Waals surface area contributed by atoms with E-state index in [1.54, 1.807) is 0 Å². The molecule has 0 saturated heterocycles. The van der Waals surface area contributed by atoms with E-state index in [-0.39, 0.29) is 17.9 Å². The number of fused-ring (bicyclic) bond motifs is 1. The lowest BCUT2D eigenvalue weighted by molar-refractivity contribution is 0.0604. The summed E-state index contributed by atoms with van der Waals surface area (Å²) >= 11 is 0. The monoisotopic (exact) mass is 454 g/mol. The van der Waals surface area contributed by atoms with Crippen LogP contribution in [0.15, 0.2) is 78.9 Å². The third-order valence-corrected chi connectivity index (χ3v) is 6.34. The van der Waals surface area contributed by atoms with Gasteiger partial charge in [-0.15, -0.1) is 0 Å². The van der Waals surface area contributed by atoms with Crippen molar-refractivity contribution < 1.29 is 4.79 Å². The zero-order chi connectivity index (χ0) is 24.1. The smallest absolute Gasteiger partial charge is 0.254 e. The zero-order valence-corrected chi connectivity index (χ0v) is 20.3. The summed E-state index contributed by atoms with van der Waals surface area (Å²) in [6, 6.07) is 26.2. The van der Waals surface area contributed by atoms with E-state index in [9.17, 15) is 4.79 Å². The van der Waals surface area contributed by atoms with E-state index in [1.165, 1.54) is 5.56 Å². The van der Waals surface area contributed by atoms with Crippen LogP contribution in [-0.2, 0) is 6.54 Å². The first-order valence-corrected chi connectivity index (χ1v) is 12.1. The molecular weight excluding hydrogens is 420 g/mol. The first-order chi connectivity index (χ1) is 16.5. The van der Waals surface area contributed by atoms with Crippen molar-refractivity contribution in [2.75, 3.05) is 13.1 Å². The summed E-state index contributed by atoms with van der Waals surface area (Å²) < 4.78 is 2.27. The lowest BCUT2D eigenvalue weighted by atomic mass is 9.98. The molecule has 0 aliphatic heterocycles. The highest BCUT2D eigenvalue weighted by molar-refractivity contribution is 5.96. The topological polar surface area (TPSA) is 64.2 Å². The van der Waals surface area contributed by atoms with Gasteiger partial charge in [-0.05, 0) is 55.1 Å². The van der Waals surface area contributed by atoms with Crippen LogP contribution < -0.4 is 5.73 Å². The first-order valence-electron chi connectivity index (χ1n) is 12.1. The molecule has 0 unspecified atom stereocenters. The highest BCUT2D eigenvalue weighted by atomic mass is 16.2. The van der Waals surface area contributed by atoms with Crippen LogP contribution >= 0.6 is 0 Å². The maximum absolute atomic E-state index is 13.9. The van der Waals surface area contributed by atoms with E-state index in [0.717, 1.165) is 34.4 Å². The van der Waals surface area contributed by atoms with Gasteiger partial charge in [0.2, 0.25) is 0 Å². The fraction of sp³-hybridized carbons (Fsp3) is 0.310. The molecule has 1 aromatic heterocycles. The molecule has 0 bridgehead atoms. The van der Waals surface area contributed by atoms with Crippen molar-refractivity contribution in [1.29, 1.82) is 0 Å². The fourth-order valence-electron chi connectivity index (χ4n) is 4.65. The van der Waals surface area contributed by atoms with Gasteiger partial charge in [0.15, 0.2) is 0 Å². The summed E-state index contributed by atoms with van der Waals surface area (Å²) in [5.41, 5.74) is 10.8. The quantitative estimate of drug-likeness (QED) is 0.359. The number of hydrogen-bond acceptors (Lipinski definition) is 3. The fourth-order valence-corrected chi connectivity index (χ4v) is 4.65. The van der Waals surface area contributed by atoms with Crippen molar-refractivity contribution in [3.05, 3.63) is 101 Å². The molecule has 0 aliphatic carbocycles. The number of hydrogen-bond donors (Lipinski definition) is 1. The Morgan fingerprint density at radius 2 is 1.65 bits per heavy atom. The molecule has 4 rings (SSSR count). The second-order valence-electron chi connectivity index (χ2n) is 9.18. The molecule has 1 heterocycles. The van der Waals surface area contributed by atoms with E-state index in [4.69, 9.17) is 10.7 Å². The van der Waals surface area contributed by atoms with Crippen LogP contribution in [-0.4, -0.2) is 33.4 Å². The highest BCUT2D eigenvalue weighted by Gasteiger charge is 2.33. The molecule has 0 spiro atoms. The summed E-state index contributed by atoms with van der Waals surface area (Å²) in [6.07, 6.45) is 0.736. The Balaban J connectivity index is 1.85. The largest absolute Gasteiger partial charge is 0.330 e. The Bertz CT molecular complexity index is 1250. The molecule has 1 atom stereocenters. The molecule has 0 radical (unpaired) electrons. The van der Waals surface area contributed by atoms with Crippen LogP contribution in [0.25, 0.3) is 11.0 Å². The number of aryl methyl sites for hydroxylation is 1. The van der Waals surface area contributed by atoms with Crippen LogP contribution in [0.3, 0.4) is 0 Å². The molecule has 0 saturated carbocycles. The number of imidazole rings is 1. The van der Waals surface area contributed by atoms with Gasteiger partial charge in [0, 0.05) is 18.7 Å². The molecule has 1 amide bonds. The predicted molar refractivity (Wildman–Crippen MR) is 139 cm³/mol. The lowest BCUT2D eigenvalue weighted by Gasteiger charge is -2.35. The van der Waals surface area contributed by atoms with Crippen molar-refractivity contribution in [1.82, 2.24) is 14.5 Å². The van der Waals surface area contributed by atoms with Gasteiger partial charge in [0.25, 0.3) is 5.91 Å². The second-order valence-corrected chi connectivity index (χ2v) is 9.18. The highest BCUT2D eigenvalue weighted by Crippen LogP contribution is 2.33. The van der Waals surface area contributed by atoms with Crippen molar-refractivity contribution in [2.45, 2.75) is 39.8 Å². The van der Waals surface area contributed by atoms with Gasteiger partial charge in [-0.1, -0.05) is 74.5 Å². The predicted octanol–water partition coefficient (Wildman–Crippen LogP) is 5.58. The van der Waals surface area contributed by atoms with Crippen LogP contribution in [0.2, 0.25) is 0 Å². The van der Waals surface area contributed by atoms with Gasteiger partial charge in [-0.2, -0.15) is 0 Å². The molecule has 34 heavy (non-hydrogen) atoms. The van der Waals surface area contributed by atoms with Crippen molar-refractivity contribution in [3.8, 4) is 0 Å². The van der Waals surface area contributed by atoms with Gasteiger partial charge in [-0.3, -0.25) is 4.79 Å². The van der Waals surface area contributed by atoms with E-state index in [0.29, 0.717) is 19.6 Å². The SMILES string of the molecule is Cc1ccccc1C(=O)N(CCCN)[C@@H](c1nc2ccccc2n1Cc1ccccc1)C(C)C. The van der Waals surface area contributed by atoms with Crippen molar-refractivity contribution in [3.63, 3.8) is 0 Å². The molecule has 3 aromatic carbocycles. The number of rotatable bonds is 9. The van der Waals surface area contributed by atoms with Crippen LogP contribution in [0.4, 0.5) is 0 Å². The number of nitrogens with two attached hydrogens (primary N) is 1. The maximum Gasteiger partial charge on any atom is 0.254 e. The number of amides is 1. The number of nitrogens with zero attached hydrogens (tertiary/aromatic N) is 3. The first kappa shape index (κ1) is 23.7. The summed E-state index contributed by atoms with van der Waals surface area (Å²) in [5.74, 6) is 1.11. The maximum atomic E-state index is 13.9. The lowest BCUT2D eigenvalue weighted by Crippen LogP contribution is -2.40. The third kappa shape index (κ3) is 4.90. The molecule has 5 heteroatoms. The summed E-state index contributed by atoms with van der Waals surface area (Å²) in [7, 11) is 0. The van der Waals surface area contributed by atoms with Gasteiger partial charge < -0.3 is 15.2 Å². The summed E-state index contributed by atoms with van der Waals surface area (Å²) in [6.45, 7) is 8.13. The Morgan fingerprint density at radius 3 is 2.35 bits per heavy atom. The zero-order valence-electron chi connectivity index (χ0n) is 20.3. The third-order valence-electron chi connectivity index (χ3n) is 6.34. The van der Waals surface area contributed by atoms with E-state index >= 15 is 0 Å². The number of benzene rings is 3. The summed E-state index contributed by atoms with van der Waals surface area (Å²) in [5, 5.41) is 0.